The lowest BCUT2D eigenvalue weighted by Gasteiger charge is -2.29. The van der Waals surface area contributed by atoms with E-state index in [1.165, 1.54) is 16.6 Å². The Morgan fingerprint density at radius 2 is 1.97 bits per heavy atom. The lowest BCUT2D eigenvalue weighted by atomic mass is 10.2. The van der Waals surface area contributed by atoms with E-state index in [1.807, 2.05) is 18.2 Å². The number of hydrogen-bond acceptors (Lipinski definition) is 7. The Bertz CT molecular complexity index is 1000. The summed E-state index contributed by atoms with van der Waals surface area (Å²) in [5.41, 5.74) is 1.10. The number of para-hydroxylation sites is 1. The number of carbonyl (C=O) groups is 2. The van der Waals surface area contributed by atoms with Crippen molar-refractivity contribution in [3.8, 4) is 5.69 Å². The van der Waals surface area contributed by atoms with Gasteiger partial charge in [0.1, 0.15) is 0 Å². The summed E-state index contributed by atoms with van der Waals surface area (Å²) in [6.45, 7) is 5.22. The van der Waals surface area contributed by atoms with Crippen LogP contribution in [0.5, 0.6) is 0 Å². The predicted molar refractivity (Wildman–Crippen MR) is 105 cm³/mol. The van der Waals surface area contributed by atoms with Crippen molar-refractivity contribution in [2.24, 2.45) is 0 Å². The Hall–Kier alpha value is -2.75. The SMILES string of the molecule is CCN(C(=O)[C@H](C)OC(=O)c1nn(-c2ccccc2)nc1C)[C@@H]1CCS(=O)(=O)C1. The van der Waals surface area contributed by atoms with Crippen molar-refractivity contribution in [1.82, 2.24) is 19.9 Å². The number of carbonyl (C=O) groups excluding carboxylic acids is 2. The van der Waals surface area contributed by atoms with Crippen LogP contribution in [0.3, 0.4) is 0 Å². The fourth-order valence-electron chi connectivity index (χ4n) is 3.36. The highest BCUT2D eigenvalue weighted by molar-refractivity contribution is 7.91. The number of rotatable bonds is 6. The number of ether oxygens (including phenoxy) is 1. The van der Waals surface area contributed by atoms with Crippen LogP contribution in [-0.4, -0.2) is 70.4 Å². The molecule has 1 amide bonds. The van der Waals surface area contributed by atoms with Crippen LogP contribution in [0.2, 0.25) is 0 Å². The van der Waals surface area contributed by atoms with Gasteiger partial charge in [-0.15, -0.1) is 5.10 Å². The zero-order chi connectivity index (χ0) is 21.2. The summed E-state index contributed by atoms with van der Waals surface area (Å²) in [5.74, 6) is -1.16. The molecule has 2 aromatic rings. The Balaban J connectivity index is 1.70. The summed E-state index contributed by atoms with van der Waals surface area (Å²) in [6, 6.07) is 8.73. The van der Waals surface area contributed by atoms with Crippen molar-refractivity contribution >= 4 is 21.7 Å². The molecular formula is C19H24N4O5S. The molecule has 0 radical (unpaired) electrons. The summed E-state index contributed by atoms with van der Waals surface area (Å²) >= 11 is 0. The molecule has 3 rings (SSSR count). The van der Waals surface area contributed by atoms with Gasteiger partial charge in [0, 0.05) is 12.6 Å². The maximum atomic E-state index is 12.8. The molecule has 1 aliphatic heterocycles. The monoisotopic (exact) mass is 420 g/mol. The van der Waals surface area contributed by atoms with E-state index in [1.54, 1.807) is 26.0 Å². The third kappa shape index (κ3) is 4.64. The number of hydrogen-bond donors (Lipinski definition) is 0. The molecule has 1 aliphatic rings. The van der Waals surface area contributed by atoms with E-state index in [2.05, 4.69) is 10.2 Å². The largest absolute Gasteiger partial charge is 0.448 e. The van der Waals surface area contributed by atoms with Crippen LogP contribution in [-0.2, 0) is 19.4 Å². The van der Waals surface area contributed by atoms with Crippen molar-refractivity contribution in [2.45, 2.75) is 39.3 Å². The fraction of sp³-hybridized carbons (Fsp3) is 0.474. The number of amides is 1. The number of nitrogens with zero attached hydrogens (tertiary/aromatic N) is 4. The number of aryl methyl sites for hydroxylation is 1. The van der Waals surface area contributed by atoms with E-state index >= 15 is 0 Å². The second-order valence-corrected chi connectivity index (χ2v) is 9.22. The van der Waals surface area contributed by atoms with E-state index in [9.17, 15) is 18.0 Å². The van der Waals surface area contributed by atoms with E-state index < -0.39 is 27.8 Å². The standard InChI is InChI=1S/C19H24N4O5S/c1-4-22(16-10-11-29(26,27)12-16)18(24)14(3)28-19(25)17-13(2)20-23(21-17)15-8-6-5-7-9-15/h5-9,14,16H,4,10-12H2,1-3H3/t14-,16+/m0/s1. The van der Waals surface area contributed by atoms with Crippen LogP contribution in [0.1, 0.15) is 36.5 Å². The first kappa shape index (κ1) is 21.0. The molecule has 0 unspecified atom stereocenters. The third-order valence-corrected chi connectivity index (χ3v) is 6.62. The van der Waals surface area contributed by atoms with Crippen molar-refractivity contribution in [3.63, 3.8) is 0 Å². The first-order valence-electron chi connectivity index (χ1n) is 9.43. The third-order valence-electron chi connectivity index (χ3n) is 4.87. The minimum Gasteiger partial charge on any atom is -0.448 e. The molecule has 156 valence electrons. The number of sulfone groups is 1. The summed E-state index contributed by atoms with van der Waals surface area (Å²) in [4.78, 5) is 28.1. The van der Waals surface area contributed by atoms with Gasteiger partial charge in [-0.1, -0.05) is 18.2 Å². The molecule has 0 saturated carbocycles. The summed E-state index contributed by atoms with van der Waals surface area (Å²) in [5, 5.41) is 8.41. The molecule has 10 heteroatoms. The Labute approximate surface area is 169 Å². The highest BCUT2D eigenvalue weighted by Gasteiger charge is 2.36. The van der Waals surface area contributed by atoms with Crippen LogP contribution >= 0.6 is 0 Å². The van der Waals surface area contributed by atoms with Gasteiger partial charge in [-0.25, -0.2) is 13.2 Å². The molecule has 0 spiro atoms. The van der Waals surface area contributed by atoms with Crippen LogP contribution in [0.25, 0.3) is 5.69 Å². The highest BCUT2D eigenvalue weighted by Crippen LogP contribution is 2.19. The van der Waals surface area contributed by atoms with Gasteiger partial charge >= 0.3 is 5.97 Å². The lowest BCUT2D eigenvalue weighted by Crippen LogP contribution is -2.46. The predicted octanol–water partition coefficient (Wildman–Crippen LogP) is 1.16. The van der Waals surface area contributed by atoms with Crippen LogP contribution < -0.4 is 0 Å². The molecule has 29 heavy (non-hydrogen) atoms. The maximum Gasteiger partial charge on any atom is 0.361 e. The van der Waals surface area contributed by atoms with Gasteiger partial charge in [0.15, 0.2) is 21.6 Å². The number of benzene rings is 1. The number of likely N-dealkylation sites (N-methyl/N-ethyl adjacent to an activating group) is 1. The van der Waals surface area contributed by atoms with Crippen LogP contribution in [0, 0.1) is 6.92 Å². The van der Waals surface area contributed by atoms with Gasteiger partial charge in [-0.05, 0) is 39.3 Å². The summed E-state index contributed by atoms with van der Waals surface area (Å²) < 4.78 is 28.8. The van der Waals surface area contributed by atoms with E-state index in [-0.39, 0.29) is 23.2 Å². The molecule has 1 aromatic carbocycles. The molecular weight excluding hydrogens is 396 g/mol. The normalized spacial score (nSPS) is 18.9. The Kier molecular flexibility index (Phi) is 6.02. The molecule has 1 fully saturated rings. The van der Waals surface area contributed by atoms with E-state index in [4.69, 9.17) is 4.74 Å². The Morgan fingerprint density at radius 1 is 1.28 bits per heavy atom. The topological polar surface area (TPSA) is 111 Å². The van der Waals surface area contributed by atoms with Gasteiger partial charge in [-0.2, -0.15) is 9.90 Å². The first-order chi connectivity index (χ1) is 13.7. The molecule has 9 nitrogen and oxygen atoms in total. The van der Waals surface area contributed by atoms with Crippen LogP contribution in [0.4, 0.5) is 0 Å². The highest BCUT2D eigenvalue weighted by atomic mass is 32.2. The van der Waals surface area contributed by atoms with Crippen molar-refractivity contribution in [1.29, 1.82) is 0 Å². The molecule has 0 aliphatic carbocycles. The van der Waals surface area contributed by atoms with Gasteiger partial charge in [0.05, 0.1) is 22.9 Å². The van der Waals surface area contributed by atoms with Gasteiger partial charge < -0.3 is 9.64 Å². The average molecular weight is 420 g/mol. The molecule has 1 saturated heterocycles. The van der Waals surface area contributed by atoms with E-state index in [0.29, 0.717) is 24.3 Å². The molecule has 0 N–H and O–H groups in total. The van der Waals surface area contributed by atoms with Gasteiger partial charge in [0.25, 0.3) is 5.91 Å². The smallest absolute Gasteiger partial charge is 0.361 e. The average Bonchev–Trinajstić information content (AvgIpc) is 3.25. The zero-order valence-corrected chi connectivity index (χ0v) is 17.4. The molecule has 1 aromatic heterocycles. The minimum atomic E-state index is -3.13. The molecule has 2 heterocycles. The number of aromatic nitrogens is 3. The van der Waals surface area contributed by atoms with Crippen molar-refractivity contribution < 1.29 is 22.7 Å². The van der Waals surface area contributed by atoms with Gasteiger partial charge in [-0.3, -0.25) is 4.79 Å². The zero-order valence-electron chi connectivity index (χ0n) is 16.6. The number of esters is 1. The summed E-state index contributed by atoms with van der Waals surface area (Å²) in [6.07, 6.45) is -0.667. The fourth-order valence-corrected chi connectivity index (χ4v) is 5.09. The second kappa shape index (κ2) is 8.32. The summed E-state index contributed by atoms with van der Waals surface area (Å²) in [7, 11) is -3.13. The molecule has 2 atom stereocenters. The quantitative estimate of drug-likeness (QED) is 0.645. The van der Waals surface area contributed by atoms with Gasteiger partial charge in [0.2, 0.25) is 0 Å². The minimum absolute atomic E-state index is 0.0278. The lowest BCUT2D eigenvalue weighted by molar-refractivity contribution is -0.141. The Morgan fingerprint density at radius 3 is 2.55 bits per heavy atom. The molecule has 0 bridgehead atoms. The van der Waals surface area contributed by atoms with Crippen molar-refractivity contribution in [2.75, 3.05) is 18.1 Å². The van der Waals surface area contributed by atoms with E-state index in [0.717, 1.165) is 0 Å². The second-order valence-electron chi connectivity index (χ2n) is 6.99. The maximum absolute atomic E-state index is 12.8. The van der Waals surface area contributed by atoms with Crippen LogP contribution in [0.15, 0.2) is 30.3 Å². The van der Waals surface area contributed by atoms with Crippen molar-refractivity contribution in [3.05, 3.63) is 41.7 Å². The first-order valence-corrected chi connectivity index (χ1v) is 11.2.